The van der Waals surface area contributed by atoms with E-state index < -0.39 is 0 Å². The Morgan fingerprint density at radius 3 is 2.17 bits per heavy atom. The van der Waals surface area contributed by atoms with Gasteiger partial charge < -0.3 is 9.80 Å². The number of aryl methyl sites for hydroxylation is 2. The molecular formula is C19H18N4. The van der Waals surface area contributed by atoms with Crippen molar-refractivity contribution >= 4 is 17.1 Å². The number of nitriles is 2. The summed E-state index contributed by atoms with van der Waals surface area (Å²) in [7, 11) is 1.99. The van der Waals surface area contributed by atoms with E-state index in [0.717, 1.165) is 17.1 Å². The molecule has 2 aromatic carbocycles. The summed E-state index contributed by atoms with van der Waals surface area (Å²) in [5, 5.41) is 18.8. The van der Waals surface area contributed by atoms with Gasteiger partial charge in [0.15, 0.2) is 0 Å². The lowest BCUT2D eigenvalue weighted by Gasteiger charge is -2.28. The Labute approximate surface area is 136 Å². The number of hydrogen-bond acceptors (Lipinski definition) is 4. The highest BCUT2D eigenvalue weighted by Crippen LogP contribution is 2.46. The molecule has 4 heteroatoms. The van der Waals surface area contributed by atoms with Crippen molar-refractivity contribution in [2.24, 2.45) is 0 Å². The number of anilines is 3. The van der Waals surface area contributed by atoms with Gasteiger partial charge in [-0.05, 0) is 56.2 Å². The highest BCUT2D eigenvalue weighted by Gasteiger charge is 2.34. The molecule has 0 amide bonds. The molecule has 114 valence electrons. The lowest BCUT2D eigenvalue weighted by atomic mass is 10.1. The van der Waals surface area contributed by atoms with E-state index in [9.17, 15) is 10.5 Å². The molecule has 0 aliphatic carbocycles. The van der Waals surface area contributed by atoms with E-state index in [0.29, 0.717) is 11.1 Å². The molecule has 0 radical (unpaired) electrons. The van der Waals surface area contributed by atoms with Crippen LogP contribution in [0.15, 0.2) is 30.3 Å². The predicted octanol–water partition coefficient (Wildman–Crippen LogP) is 3.98. The normalized spacial score (nSPS) is 16.0. The van der Waals surface area contributed by atoms with Gasteiger partial charge in [-0.2, -0.15) is 10.5 Å². The van der Waals surface area contributed by atoms with Crippen molar-refractivity contribution in [2.45, 2.75) is 26.9 Å². The molecule has 0 bridgehead atoms. The molecule has 1 atom stereocenters. The van der Waals surface area contributed by atoms with Crippen LogP contribution in [-0.2, 0) is 0 Å². The summed E-state index contributed by atoms with van der Waals surface area (Å²) in [5.74, 6) is 0. The number of rotatable bonds is 1. The predicted molar refractivity (Wildman–Crippen MR) is 91.8 cm³/mol. The third kappa shape index (κ3) is 2.29. The van der Waals surface area contributed by atoms with Crippen LogP contribution in [0, 0.1) is 36.5 Å². The molecular weight excluding hydrogens is 284 g/mol. The molecule has 3 rings (SSSR count). The maximum atomic E-state index is 9.56. The van der Waals surface area contributed by atoms with Crippen LogP contribution in [0.5, 0.6) is 0 Å². The molecule has 1 aliphatic rings. The highest BCUT2D eigenvalue weighted by molar-refractivity contribution is 5.88. The number of fused-ring (bicyclic) bond motifs is 1. The van der Waals surface area contributed by atoms with Crippen molar-refractivity contribution in [3.05, 3.63) is 52.6 Å². The number of nitrogens with zero attached hydrogens (tertiary/aromatic N) is 4. The van der Waals surface area contributed by atoms with Gasteiger partial charge in [0.2, 0.25) is 0 Å². The van der Waals surface area contributed by atoms with E-state index in [4.69, 9.17) is 0 Å². The zero-order chi connectivity index (χ0) is 16.7. The monoisotopic (exact) mass is 302 g/mol. The first kappa shape index (κ1) is 14.9. The van der Waals surface area contributed by atoms with E-state index in [-0.39, 0.29) is 6.17 Å². The van der Waals surface area contributed by atoms with Gasteiger partial charge in [0.05, 0.1) is 28.6 Å². The van der Waals surface area contributed by atoms with Crippen LogP contribution in [-0.4, -0.2) is 13.2 Å². The molecule has 0 N–H and O–H groups in total. The summed E-state index contributed by atoms with van der Waals surface area (Å²) in [4.78, 5) is 4.28. The molecule has 0 saturated heterocycles. The summed E-state index contributed by atoms with van der Waals surface area (Å²) < 4.78 is 0. The Hall–Kier alpha value is -2.98. The van der Waals surface area contributed by atoms with Crippen molar-refractivity contribution in [2.75, 3.05) is 16.8 Å². The Morgan fingerprint density at radius 1 is 0.957 bits per heavy atom. The fraction of sp³-hybridized carbons (Fsp3) is 0.263. The Morgan fingerprint density at radius 2 is 1.61 bits per heavy atom. The highest BCUT2D eigenvalue weighted by atomic mass is 15.4. The average molecular weight is 302 g/mol. The van der Waals surface area contributed by atoms with Crippen molar-refractivity contribution in [1.82, 2.24) is 0 Å². The molecule has 0 fully saturated rings. The molecule has 0 unspecified atom stereocenters. The minimum Gasteiger partial charge on any atom is -0.352 e. The fourth-order valence-electron chi connectivity index (χ4n) is 3.29. The average Bonchev–Trinajstić information content (AvgIpc) is 2.77. The van der Waals surface area contributed by atoms with Crippen molar-refractivity contribution < 1.29 is 0 Å². The van der Waals surface area contributed by atoms with Gasteiger partial charge >= 0.3 is 0 Å². The standard InChI is InChI=1S/C19H18N4/c1-12-5-13(2)7-17(6-12)23-14(3)22(4)18-9-15(10-20)8-16(11-21)19(18)23/h5-9,14H,1-4H3/t14-/m0/s1. The van der Waals surface area contributed by atoms with Crippen molar-refractivity contribution in [3.8, 4) is 12.1 Å². The minimum absolute atomic E-state index is 0.0762. The van der Waals surface area contributed by atoms with Gasteiger partial charge in [-0.1, -0.05) is 6.07 Å². The third-order valence-electron chi connectivity index (χ3n) is 4.38. The molecule has 1 heterocycles. The first-order valence-corrected chi connectivity index (χ1v) is 7.55. The molecule has 0 aromatic heterocycles. The van der Waals surface area contributed by atoms with E-state index in [2.05, 4.69) is 60.9 Å². The van der Waals surface area contributed by atoms with Crippen molar-refractivity contribution in [3.63, 3.8) is 0 Å². The molecule has 4 nitrogen and oxygen atoms in total. The molecule has 1 aliphatic heterocycles. The van der Waals surface area contributed by atoms with Gasteiger partial charge in [0.25, 0.3) is 0 Å². The van der Waals surface area contributed by atoms with Crippen molar-refractivity contribution in [1.29, 1.82) is 10.5 Å². The zero-order valence-corrected chi connectivity index (χ0v) is 13.8. The lowest BCUT2D eigenvalue weighted by Crippen LogP contribution is -2.35. The van der Waals surface area contributed by atoms with Crippen LogP contribution in [0.1, 0.15) is 29.2 Å². The second-order valence-electron chi connectivity index (χ2n) is 6.07. The second-order valence-corrected chi connectivity index (χ2v) is 6.07. The van der Waals surface area contributed by atoms with Crippen LogP contribution in [0.25, 0.3) is 0 Å². The molecule has 23 heavy (non-hydrogen) atoms. The first-order valence-electron chi connectivity index (χ1n) is 7.55. The zero-order valence-electron chi connectivity index (χ0n) is 13.8. The maximum Gasteiger partial charge on any atom is 0.103 e. The Balaban J connectivity index is 2.27. The fourth-order valence-corrected chi connectivity index (χ4v) is 3.29. The van der Waals surface area contributed by atoms with Gasteiger partial charge in [-0.25, -0.2) is 0 Å². The summed E-state index contributed by atoms with van der Waals surface area (Å²) in [6.45, 7) is 6.25. The summed E-state index contributed by atoms with van der Waals surface area (Å²) in [5.41, 5.74) is 6.31. The molecule has 2 aromatic rings. The third-order valence-corrected chi connectivity index (χ3v) is 4.38. The maximum absolute atomic E-state index is 9.56. The van der Waals surface area contributed by atoms with Gasteiger partial charge in [0.1, 0.15) is 12.2 Å². The number of benzene rings is 2. The van der Waals surface area contributed by atoms with E-state index in [1.165, 1.54) is 11.1 Å². The summed E-state index contributed by atoms with van der Waals surface area (Å²) in [6.07, 6.45) is 0.0762. The van der Waals surface area contributed by atoms with Gasteiger partial charge in [-0.3, -0.25) is 0 Å². The lowest BCUT2D eigenvalue weighted by molar-refractivity contribution is 0.733. The van der Waals surface area contributed by atoms with E-state index in [1.54, 1.807) is 6.07 Å². The van der Waals surface area contributed by atoms with Crippen LogP contribution < -0.4 is 9.80 Å². The Bertz CT molecular complexity index is 850. The van der Waals surface area contributed by atoms with Crippen LogP contribution in [0.2, 0.25) is 0 Å². The van der Waals surface area contributed by atoms with Crippen LogP contribution >= 0.6 is 0 Å². The quantitative estimate of drug-likeness (QED) is 0.799. The van der Waals surface area contributed by atoms with E-state index in [1.807, 2.05) is 13.1 Å². The SMILES string of the molecule is Cc1cc(C)cc(N2c3c(C#N)cc(C#N)cc3N(C)[C@@H]2C)c1. The number of hydrogen-bond donors (Lipinski definition) is 0. The van der Waals surface area contributed by atoms with Gasteiger partial charge in [0, 0.05) is 12.7 Å². The summed E-state index contributed by atoms with van der Waals surface area (Å²) >= 11 is 0. The Kier molecular flexibility index (Phi) is 3.47. The molecule has 0 spiro atoms. The molecule has 0 saturated carbocycles. The summed E-state index contributed by atoms with van der Waals surface area (Å²) in [6, 6.07) is 14.3. The minimum atomic E-state index is 0.0762. The second kappa shape index (κ2) is 5.34. The topological polar surface area (TPSA) is 54.1 Å². The van der Waals surface area contributed by atoms with Crippen LogP contribution in [0.3, 0.4) is 0 Å². The smallest absolute Gasteiger partial charge is 0.103 e. The largest absolute Gasteiger partial charge is 0.352 e. The van der Waals surface area contributed by atoms with Crippen LogP contribution in [0.4, 0.5) is 17.1 Å². The van der Waals surface area contributed by atoms with Gasteiger partial charge in [-0.15, -0.1) is 0 Å². The first-order chi connectivity index (χ1) is 11.0. The van der Waals surface area contributed by atoms with E-state index >= 15 is 0 Å².